The molecule has 1 N–H and O–H groups in total. The monoisotopic (exact) mass is 519 g/mol. The predicted molar refractivity (Wildman–Crippen MR) is 139 cm³/mol. The summed E-state index contributed by atoms with van der Waals surface area (Å²) in [6, 6.07) is 24.1. The Balaban J connectivity index is 1.36. The maximum Gasteiger partial charge on any atom is 0.267 e. The number of nitrogens with one attached hydrogen (secondary N) is 1. The van der Waals surface area contributed by atoms with Gasteiger partial charge in [-0.3, -0.25) is 14.1 Å². The average Bonchev–Trinajstić information content (AvgIpc) is 2.90. The van der Waals surface area contributed by atoms with Crippen molar-refractivity contribution in [3.05, 3.63) is 113 Å². The fourth-order valence-electron chi connectivity index (χ4n) is 3.97. The average molecular weight is 520 g/mol. The van der Waals surface area contributed by atoms with E-state index >= 15 is 0 Å². The van der Waals surface area contributed by atoms with E-state index in [1.54, 1.807) is 42.7 Å². The van der Waals surface area contributed by atoms with E-state index in [0.717, 1.165) is 17.5 Å². The second kappa shape index (κ2) is 10.0. The van der Waals surface area contributed by atoms with E-state index in [2.05, 4.69) is 10.3 Å². The molecule has 36 heavy (non-hydrogen) atoms. The minimum atomic E-state index is -3.96. The highest BCUT2D eigenvalue weighted by Gasteiger charge is 2.37. The maximum absolute atomic E-state index is 13.5. The number of hydrogen-bond donors (Lipinski definition) is 1. The van der Waals surface area contributed by atoms with Crippen molar-refractivity contribution >= 4 is 38.9 Å². The van der Waals surface area contributed by atoms with Gasteiger partial charge < -0.3 is 10.1 Å². The molecule has 4 aromatic rings. The van der Waals surface area contributed by atoms with Crippen molar-refractivity contribution in [1.29, 1.82) is 0 Å². The van der Waals surface area contributed by atoms with Crippen LogP contribution in [0.15, 0.2) is 102 Å². The molecule has 5 rings (SSSR count). The number of anilines is 2. The Morgan fingerprint density at radius 1 is 0.972 bits per heavy atom. The van der Waals surface area contributed by atoms with Gasteiger partial charge in [-0.15, -0.1) is 0 Å². The highest BCUT2D eigenvalue weighted by molar-refractivity contribution is 7.92. The first-order valence-corrected chi connectivity index (χ1v) is 13.0. The lowest BCUT2D eigenvalue weighted by atomic mass is 10.1. The van der Waals surface area contributed by atoms with E-state index in [1.165, 1.54) is 22.5 Å². The molecule has 7 nitrogen and oxygen atoms in total. The van der Waals surface area contributed by atoms with Gasteiger partial charge in [0.2, 0.25) is 0 Å². The molecule has 182 valence electrons. The number of halogens is 1. The first-order valence-electron chi connectivity index (χ1n) is 11.2. The summed E-state index contributed by atoms with van der Waals surface area (Å²) >= 11 is 6.15. The number of amides is 1. The molecule has 0 saturated carbocycles. The molecular formula is C27H22ClN3O4S. The van der Waals surface area contributed by atoms with Crippen molar-refractivity contribution in [3.63, 3.8) is 0 Å². The Labute approximate surface area is 214 Å². The molecular weight excluding hydrogens is 498 g/mol. The molecule has 1 aromatic heterocycles. The summed E-state index contributed by atoms with van der Waals surface area (Å²) in [4.78, 5) is 17.3. The summed E-state index contributed by atoms with van der Waals surface area (Å²) in [5.74, 6) is -0.191. The Morgan fingerprint density at radius 3 is 2.39 bits per heavy atom. The molecule has 9 heteroatoms. The largest absolute Gasteiger partial charge is 0.476 e. The molecule has 0 saturated heterocycles. The van der Waals surface area contributed by atoms with Crippen LogP contribution >= 0.6 is 11.6 Å². The van der Waals surface area contributed by atoms with Crippen molar-refractivity contribution < 1.29 is 17.9 Å². The standard InChI is InChI=1S/C27H22ClN3O4S/c28-21-8-11-25-24(17-21)31(36(33,34)23-4-2-1-3-5-23)18-26(35-25)27(32)30-22-9-6-19(7-10-22)16-20-12-14-29-15-13-20/h1-15,17,26H,16,18H2,(H,30,32)/t26-/m0/s1. The third-order valence-corrected chi connectivity index (χ3v) is 7.82. The number of carbonyl (C=O) groups excluding carboxylic acids is 1. The number of hydrogen-bond acceptors (Lipinski definition) is 5. The van der Waals surface area contributed by atoms with Crippen molar-refractivity contribution in [3.8, 4) is 5.75 Å². The molecule has 1 amide bonds. The molecule has 0 aliphatic carbocycles. The van der Waals surface area contributed by atoms with Gasteiger partial charge in [0.25, 0.3) is 15.9 Å². The van der Waals surface area contributed by atoms with Gasteiger partial charge in [0.1, 0.15) is 5.75 Å². The van der Waals surface area contributed by atoms with Gasteiger partial charge in [-0.1, -0.05) is 41.9 Å². The Kier molecular flexibility index (Phi) is 6.63. The Bertz CT molecular complexity index is 1480. The van der Waals surface area contributed by atoms with Crippen LogP contribution in [0.3, 0.4) is 0 Å². The molecule has 0 fully saturated rings. The van der Waals surface area contributed by atoms with Gasteiger partial charge in [0.05, 0.1) is 17.1 Å². The highest BCUT2D eigenvalue weighted by Crippen LogP contribution is 2.39. The smallest absolute Gasteiger partial charge is 0.267 e. The van der Waals surface area contributed by atoms with E-state index in [9.17, 15) is 13.2 Å². The number of fused-ring (bicyclic) bond motifs is 1. The van der Waals surface area contributed by atoms with E-state index in [0.29, 0.717) is 10.7 Å². The fraction of sp³-hybridized carbons (Fsp3) is 0.111. The van der Waals surface area contributed by atoms with E-state index < -0.39 is 22.0 Å². The van der Waals surface area contributed by atoms with Crippen molar-refractivity contribution in [2.24, 2.45) is 0 Å². The number of aromatic nitrogens is 1. The van der Waals surface area contributed by atoms with E-state index in [4.69, 9.17) is 16.3 Å². The summed E-state index contributed by atoms with van der Waals surface area (Å²) in [6.45, 7) is -0.198. The number of rotatable bonds is 6. The normalized spacial score (nSPS) is 15.0. The molecule has 2 heterocycles. The summed E-state index contributed by atoms with van der Waals surface area (Å²) in [5.41, 5.74) is 3.09. The Hall–Kier alpha value is -3.88. The fourth-order valence-corrected chi connectivity index (χ4v) is 5.63. The van der Waals surface area contributed by atoms with Crippen molar-refractivity contribution in [2.75, 3.05) is 16.2 Å². The van der Waals surface area contributed by atoms with Crippen LogP contribution in [0.1, 0.15) is 11.1 Å². The third-order valence-electron chi connectivity index (χ3n) is 5.79. The number of nitrogens with zero attached hydrogens (tertiary/aromatic N) is 2. The SMILES string of the molecule is O=C(Nc1ccc(Cc2ccncc2)cc1)[C@@H]1CN(S(=O)(=O)c2ccccc2)c2cc(Cl)ccc2O1. The van der Waals surface area contributed by atoms with E-state index in [1.807, 2.05) is 36.4 Å². The summed E-state index contributed by atoms with van der Waals surface area (Å²) in [6.07, 6.45) is 3.19. The van der Waals surface area contributed by atoms with Crippen LogP contribution in [0.2, 0.25) is 5.02 Å². The maximum atomic E-state index is 13.5. The zero-order valence-electron chi connectivity index (χ0n) is 19.0. The topological polar surface area (TPSA) is 88.6 Å². The molecule has 1 atom stereocenters. The third kappa shape index (κ3) is 5.05. The minimum Gasteiger partial charge on any atom is -0.476 e. The summed E-state index contributed by atoms with van der Waals surface area (Å²) in [5, 5.41) is 3.20. The van der Waals surface area contributed by atoms with Gasteiger partial charge >= 0.3 is 0 Å². The summed E-state index contributed by atoms with van der Waals surface area (Å²) in [7, 11) is -3.96. The number of benzene rings is 3. The van der Waals surface area contributed by atoms with Gasteiger partial charge in [-0.2, -0.15) is 0 Å². The summed E-state index contributed by atoms with van der Waals surface area (Å²) < 4.78 is 34.0. The van der Waals surface area contributed by atoms with Crippen LogP contribution < -0.4 is 14.4 Å². The number of carbonyl (C=O) groups is 1. The molecule has 1 aliphatic heterocycles. The van der Waals surface area contributed by atoms with Gasteiger partial charge in [-0.25, -0.2) is 8.42 Å². The number of pyridine rings is 1. The number of ether oxygens (including phenoxy) is 1. The van der Waals surface area contributed by atoms with Crippen LogP contribution in [-0.4, -0.2) is 32.0 Å². The molecule has 0 bridgehead atoms. The predicted octanol–water partition coefficient (Wildman–Crippen LogP) is 4.92. The van der Waals surface area contributed by atoms with Crippen molar-refractivity contribution in [1.82, 2.24) is 4.98 Å². The van der Waals surface area contributed by atoms with Crippen LogP contribution in [0, 0.1) is 0 Å². The zero-order chi connectivity index (χ0) is 25.1. The lowest BCUT2D eigenvalue weighted by Crippen LogP contribution is -2.48. The van der Waals surface area contributed by atoms with E-state index in [-0.39, 0.29) is 22.9 Å². The number of sulfonamides is 1. The first-order chi connectivity index (χ1) is 17.4. The van der Waals surface area contributed by atoms with Crippen LogP contribution in [0.4, 0.5) is 11.4 Å². The van der Waals surface area contributed by atoms with Gasteiger partial charge in [0.15, 0.2) is 6.10 Å². The molecule has 0 unspecified atom stereocenters. The molecule has 0 spiro atoms. The van der Waals surface area contributed by atoms with Crippen LogP contribution in [0.25, 0.3) is 0 Å². The van der Waals surface area contributed by atoms with Crippen LogP contribution in [0.5, 0.6) is 5.75 Å². The minimum absolute atomic E-state index is 0.113. The molecule has 1 aliphatic rings. The Morgan fingerprint density at radius 2 is 1.67 bits per heavy atom. The van der Waals surface area contributed by atoms with Gasteiger partial charge in [0, 0.05) is 23.1 Å². The second-order valence-corrected chi connectivity index (χ2v) is 10.6. The quantitative estimate of drug-likeness (QED) is 0.390. The van der Waals surface area contributed by atoms with Crippen molar-refractivity contribution in [2.45, 2.75) is 17.4 Å². The zero-order valence-corrected chi connectivity index (χ0v) is 20.6. The highest BCUT2D eigenvalue weighted by atomic mass is 35.5. The van der Waals surface area contributed by atoms with Crippen LogP contribution in [-0.2, 0) is 21.2 Å². The molecule has 3 aromatic carbocycles. The lowest BCUT2D eigenvalue weighted by Gasteiger charge is -2.34. The molecule has 0 radical (unpaired) electrons. The first kappa shape index (κ1) is 23.8. The van der Waals surface area contributed by atoms with Gasteiger partial charge in [-0.05, 0) is 72.1 Å². The second-order valence-electron chi connectivity index (χ2n) is 8.29. The lowest BCUT2D eigenvalue weighted by molar-refractivity contribution is -0.122.